The summed E-state index contributed by atoms with van der Waals surface area (Å²) in [6.07, 6.45) is 15.1. The standard InChI is InChI=1S/C31H52F3O4S2/c1-3-5-7-9-11-13-15-17-19-21-25-39(35,36)29-24-23-28(31(32,33)34)27-30(29)40(37,38)26-22-20-18-16-14-12-10-8-6-4-2/h23,27H,3-22,25-26H2,1-2H3. The molecular formula is C31H52F3O4S2. The Morgan fingerprint density at radius 2 is 0.925 bits per heavy atom. The molecule has 0 saturated carbocycles. The fraction of sp³-hybridized carbons (Fsp3) is 0.806. The molecule has 0 fully saturated rings. The zero-order valence-electron chi connectivity index (χ0n) is 24.8. The molecule has 4 nitrogen and oxygen atoms in total. The summed E-state index contributed by atoms with van der Waals surface area (Å²) in [5.41, 5.74) is -1.20. The van der Waals surface area contributed by atoms with Gasteiger partial charge in [0, 0.05) is 6.07 Å². The Hall–Kier alpha value is -1.09. The van der Waals surface area contributed by atoms with Gasteiger partial charge in [0.2, 0.25) is 0 Å². The van der Waals surface area contributed by atoms with Crippen molar-refractivity contribution in [2.24, 2.45) is 0 Å². The molecule has 0 N–H and O–H groups in total. The van der Waals surface area contributed by atoms with Gasteiger partial charge in [0.15, 0.2) is 19.7 Å². The van der Waals surface area contributed by atoms with Crippen LogP contribution in [-0.4, -0.2) is 28.3 Å². The third-order valence-electron chi connectivity index (χ3n) is 7.38. The van der Waals surface area contributed by atoms with Crippen molar-refractivity contribution in [3.8, 4) is 0 Å². The zero-order valence-corrected chi connectivity index (χ0v) is 26.4. The van der Waals surface area contributed by atoms with Gasteiger partial charge < -0.3 is 0 Å². The predicted octanol–water partition coefficient (Wildman–Crippen LogP) is 9.89. The lowest BCUT2D eigenvalue weighted by atomic mass is 10.1. The van der Waals surface area contributed by atoms with Crippen molar-refractivity contribution in [2.75, 3.05) is 11.5 Å². The van der Waals surface area contributed by atoms with E-state index in [-0.39, 0.29) is 17.9 Å². The van der Waals surface area contributed by atoms with Gasteiger partial charge in [-0.25, -0.2) is 16.8 Å². The molecule has 0 atom stereocenters. The zero-order chi connectivity index (χ0) is 29.9. The van der Waals surface area contributed by atoms with Crippen molar-refractivity contribution in [3.05, 3.63) is 23.8 Å². The third kappa shape index (κ3) is 15.2. The summed E-state index contributed by atoms with van der Waals surface area (Å²) >= 11 is 0. The summed E-state index contributed by atoms with van der Waals surface area (Å²) in [4.78, 5) is -1.38. The van der Waals surface area contributed by atoms with E-state index in [0.29, 0.717) is 31.4 Å². The molecule has 0 aliphatic rings. The highest BCUT2D eigenvalue weighted by atomic mass is 32.2. The number of halogens is 3. The summed E-state index contributed by atoms with van der Waals surface area (Å²) in [5, 5.41) is 0. The number of alkyl halides is 3. The van der Waals surface area contributed by atoms with Gasteiger partial charge in [-0.05, 0) is 25.0 Å². The molecule has 0 aromatic heterocycles. The number of sulfone groups is 2. The van der Waals surface area contributed by atoms with Crippen LogP contribution >= 0.6 is 0 Å². The van der Waals surface area contributed by atoms with Crippen LogP contribution in [0.2, 0.25) is 0 Å². The number of rotatable bonds is 24. The van der Waals surface area contributed by atoms with Crippen molar-refractivity contribution >= 4 is 19.7 Å². The van der Waals surface area contributed by atoms with Gasteiger partial charge in [-0.1, -0.05) is 129 Å². The van der Waals surface area contributed by atoms with E-state index in [1.165, 1.54) is 57.8 Å². The number of unbranched alkanes of at least 4 members (excludes halogenated alkanes) is 18. The lowest BCUT2D eigenvalue weighted by Gasteiger charge is -2.14. The molecule has 1 aromatic carbocycles. The molecule has 0 unspecified atom stereocenters. The second-order valence-electron chi connectivity index (χ2n) is 11.1. The van der Waals surface area contributed by atoms with Gasteiger partial charge in [0.1, 0.15) is 0 Å². The average Bonchev–Trinajstić information content (AvgIpc) is 2.90. The molecule has 1 aromatic rings. The van der Waals surface area contributed by atoms with Gasteiger partial charge in [-0.15, -0.1) is 0 Å². The number of benzene rings is 1. The van der Waals surface area contributed by atoms with Gasteiger partial charge in [-0.2, -0.15) is 13.2 Å². The SMILES string of the molecule is CCCCCCCCCCCCS(=O)(=O)c1[c]cc(C(F)(F)F)cc1S(=O)(=O)CCCCCCCCCCCC. The van der Waals surface area contributed by atoms with E-state index in [4.69, 9.17) is 0 Å². The Balaban J connectivity index is 2.71. The van der Waals surface area contributed by atoms with Crippen LogP contribution in [0, 0.1) is 6.07 Å². The van der Waals surface area contributed by atoms with Crippen LogP contribution in [-0.2, 0) is 25.9 Å². The third-order valence-corrected chi connectivity index (χ3v) is 11.1. The molecule has 40 heavy (non-hydrogen) atoms. The Morgan fingerprint density at radius 3 is 1.30 bits per heavy atom. The Bertz CT molecular complexity index is 1020. The normalized spacial score (nSPS) is 12.7. The van der Waals surface area contributed by atoms with Gasteiger partial charge in [0.25, 0.3) is 0 Å². The van der Waals surface area contributed by atoms with Crippen LogP contribution in [0.15, 0.2) is 21.9 Å². The maximum Gasteiger partial charge on any atom is 0.416 e. The van der Waals surface area contributed by atoms with Crippen LogP contribution in [0.1, 0.15) is 148 Å². The lowest BCUT2D eigenvalue weighted by molar-refractivity contribution is -0.137. The van der Waals surface area contributed by atoms with Crippen LogP contribution in [0.4, 0.5) is 13.2 Å². The summed E-state index contributed by atoms with van der Waals surface area (Å²) in [6.45, 7) is 4.34. The molecule has 233 valence electrons. The molecule has 0 heterocycles. The average molecular weight is 610 g/mol. The molecule has 0 aliphatic carbocycles. The van der Waals surface area contributed by atoms with Crippen LogP contribution in [0.3, 0.4) is 0 Å². The van der Waals surface area contributed by atoms with Crippen molar-refractivity contribution in [3.63, 3.8) is 0 Å². The van der Waals surface area contributed by atoms with Gasteiger partial charge in [0.05, 0.1) is 26.9 Å². The largest absolute Gasteiger partial charge is 0.416 e. The van der Waals surface area contributed by atoms with Crippen molar-refractivity contribution < 1.29 is 30.0 Å². The van der Waals surface area contributed by atoms with Crippen LogP contribution < -0.4 is 0 Å². The van der Waals surface area contributed by atoms with E-state index in [0.717, 1.165) is 44.9 Å². The highest BCUT2D eigenvalue weighted by molar-refractivity contribution is 7.94. The van der Waals surface area contributed by atoms with Crippen LogP contribution in [0.5, 0.6) is 0 Å². The van der Waals surface area contributed by atoms with Crippen molar-refractivity contribution in [2.45, 2.75) is 158 Å². The fourth-order valence-electron chi connectivity index (χ4n) is 4.87. The Morgan fingerprint density at radius 1 is 0.575 bits per heavy atom. The number of hydrogen-bond donors (Lipinski definition) is 0. The first kappa shape index (κ1) is 36.9. The maximum absolute atomic E-state index is 13.4. The number of hydrogen-bond acceptors (Lipinski definition) is 4. The minimum atomic E-state index is -4.79. The molecule has 1 radical (unpaired) electrons. The van der Waals surface area contributed by atoms with Crippen molar-refractivity contribution in [1.29, 1.82) is 0 Å². The Labute approximate surface area is 242 Å². The minimum absolute atomic E-state index is 0.284. The molecular weight excluding hydrogens is 557 g/mol. The van der Waals surface area contributed by atoms with E-state index in [9.17, 15) is 30.0 Å². The minimum Gasteiger partial charge on any atom is -0.224 e. The van der Waals surface area contributed by atoms with Crippen LogP contribution in [0.25, 0.3) is 0 Å². The molecule has 0 bridgehead atoms. The first-order valence-electron chi connectivity index (χ1n) is 15.5. The molecule has 0 amide bonds. The second-order valence-corrected chi connectivity index (χ2v) is 15.2. The monoisotopic (exact) mass is 609 g/mol. The predicted molar refractivity (Wildman–Crippen MR) is 158 cm³/mol. The fourth-order valence-corrected chi connectivity index (χ4v) is 8.48. The molecule has 0 aliphatic heterocycles. The summed E-state index contributed by atoms with van der Waals surface area (Å²) in [5.74, 6) is -0.675. The topological polar surface area (TPSA) is 68.3 Å². The summed E-state index contributed by atoms with van der Waals surface area (Å²) < 4.78 is 92.5. The molecule has 0 spiro atoms. The molecule has 9 heteroatoms. The highest BCUT2D eigenvalue weighted by Gasteiger charge is 2.35. The highest BCUT2D eigenvalue weighted by Crippen LogP contribution is 2.34. The molecule has 1 rings (SSSR count). The van der Waals surface area contributed by atoms with E-state index in [1.54, 1.807) is 0 Å². The summed E-state index contributed by atoms with van der Waals surface area (Å²) in [6, 6.07) is 3.22. The van der Waals surface area contributed by atoms with E-state index in [1.807, 2.05) is 0 Å². The van der Waals surface area contributed by atoms with Gasteiger partial charge >= 0.3 is 6.18 Å². The van der Waals surface area contributed by atoms with E-state index in [2.05, 4.69) is 19.9 Å². The Kier molecular flexibility index (Phi) is 18.4. The van der Waals surface area contributed by atoms with Crippen molar-refractivity contribution in [1.82, 2.24) is 0 Å². The lowest BCUT2D eigenvalue weighted by Crippen LogP contribution is -2.17. The second kappa shape index (κ2) is 19.9. The van der Waals surface area contributed by atoms with E-state index >= 15 is 0 Å². The van der Waals surface area contributed by atoms with Gasteiger partial charge in [-0.3, -0.25) is 0 Å². The van der Waals surface area contributed by atoms with E-state index < -0.39 is 41.2 Å². The quantitative estimate of drug-likeness (QED) is 0.109. The smallest absolute Gasteiger partial charge is 0.224 e. The first-order valence-corrected chi connectivity index (χ1v) is 18.8. The summed E-state index contributed by atoms with van der Waals surface area (Å²) in [7, 11) is -8.33. The maximum atomic E-state index is 13.4. The first-order chi connectivity index (χ1) is 19.0. The molecule has 0 saturated heterocycles.